The van der Waals surface area contributed by atoms with Gasteiger partial charge in [0.15, 0.2) is 11.9 Å². The Morgan fingerprint density at radius 1 is 1.39 bits per heavy atom. The van der Waals surface area contributed by atoms with Crippen LogP contribution in [0.25, 0.3) is 0 Å². The number of nitrogen functional groups attached to an aromatic ring is 1. The van der Waals surface area contributed by atoms with E-state index in [1.807, 2.05) is 0 Å². The summed E-state index contributed by atoms with van der Waals surface area (Å²) in [6.07, 6.45) is -3.32. The standard InChI is InChI=1S/C9H14N4O5.C5H9NO3S/c10-7-4(8(11)17)12-2-13(7)9-6(16)5(15)3(1-14)18-9;1-3(7)6-4(2-10)5(8)9/h2-3,5-6,9,14-16H,1,10H2,(H2,11,17);4,10H,2H2,1H3,(H,6,7)(H,8,9)/t3-,5-,6-,9-;4-/m10/s1. The molecular formula is C14H23N5O8S. The number of primary amides is 1. The lowest BCUT2D eigenvalue weighted by atomic mass is 10.1. The third kappa shape index (κ3) is 5.56. The van der Waals surface area contributed by atoms with Crippen LogP contribution in [0.2, 0.25) is 0 Å². The van der Waals surface area contributed by atoms with Gasteiger partial charge < -0.3 is 41.9 Å². The SMILES string of the molecule is CC(=O)N[C@@H](CS)C(=O)O.NC(=O)c1ncn([C@@H]2O[C@H](CO)[C@@H](O)[C@H]2O)c1N. The number of aliphatic carboxylic acids is 1. The number of ether oxygens (including phenoxy) is 1. The number of aliphatic hydroxyl groups is 3. The number of carboxylic acids is 1. The normalized spacial score (nSPS) is 24.8. The predicted molar refractivity (Wildman–Crippen MR) is 97.3 cm³/mol. The number of imidazole rings is 1. The molecule has 0 radical (unpaired) electrons. The van der Waals surface area contributed by atoms with Crippen LogP contribution in [-0.2, 0) is 14.3 Å². The maximum atomic E-state index is 11.0. The molecule has 28 heavy (non-hydrogen) atoms. The van der Waals surface area contributed by atoms with Crippen molar-refractivity contribution in [2.75, 3.05) is 18.1 Å². The van der Waals surface area contributed by atoms with Gasteiger partial charge in [0, 0.05) is 12.7 Å². The van der Waals surface area contributed by atoms with E-state index in [4.69, 9.17) is 26.4 Å². The van der Waals surface area contributed by atoms with Gasteiger partial charge in [-0.25, -0.2) is 9.78 Å². The van der Waals surface area contributed by atoms with Crippen LogP contribution in [0, 0.1) is 0 Å². The van der Waals surface area contributed by atoms with Gasteiger partial charge in [0.05, 0.1) is 12.9 Å². The molecule has 2 amide bonds. The number of amides is 2. The van der Waals surface area contributed by atoms with Crippen molar-refractivity contribution in [2.45, 2.75) is 37.5 Å². The number of rotatable bonds is 6. The molecule has 1 fully saturated rings. The van der Waals surface area contributed by atoms with Crippen molar-refractivity contribution in [1.29, 1.82) is 0 Å². The van der Waals surface area contributed by atoms with E-state index in [1.54, 1.807) is 0 Å². The Bertz CT molecular complexity index is 714. The van der Waals surface area contributed by atoms with Crippen molar-refractivity contribution >= 4 is 36.2 Å². The summed E-state index contributed by atoms with van der Waals surface area (Å²) in [6.45, 7) is 0.811. The van der Waals surface area contributed by atoms with Crippen LogP contribution in [0.15, 0.2) is 6.33 Å². The fourth-order valence-electron chi connectivity index (χ4n) is 2.30. The van der Waals surface area contributed by atoms with Gasteiger partial charge in [0.2, 0.25) is 5.91 Å². The fourth-order valence-corrected chi connectivity index (χ4v) is 2.55. The first kappa shape index (κ1) is 23.6. The molecule has 0 saturated carbocycles. The zero-order chi connectivity index (χ0) is 21.6. The number of hydrogen-bond acceptors (Lipinski definition) is 10. The summed E-state index contributed by atoms with van der Waals surface area (Å²) in [7, 11) is 0. The molecule has 14 heteroatoms. The van der Waals surface area contributed by atoms with Crippen LogP contribution in [-0.4, -0.2) is 84.5 Å². The van der Waals surface area contributed by atoms with E-state index in [0.29, 0.717) is 0 Å². The molecular weight excluding hydrogens is 398 g/mol. The average molecular weight is 421 g/mol. The van der Waals surface area contributed by atoms with E-state index in [0.717, 1.165) is 0 Å². The zero-order valence-electron chi connectivity index (χ0n) is 14.8. The molecule has 2 rings (SSSR count). The number of hydrogen-bond donors (Lipinski definition) is 8. The van der Waals surface area contributed by atoms with Gasteiger partial charge in [-0.2, -0.15) is 12.6 Å². The number of anilines is 1. The molecule has 1 saturated heterocycles. The molecule has 0 spiro atoms. The molecule has 0 bridgehead atoms. The van der Waals surface area contributed by atoms with Crippen LogP contribution in [0.1, 0.15) is 23.6 Å². The minimum atomic E-state index is -1.29. The Labute approximate surface area is 164 Å². The van der Waals surface area contributed by atoms with E-state index in [2.05, 4.69) is 22.9 Å². The number of nitrogens with zero attached hydrogens (tertiary/aromatic N) is 2. The summed E-state index contributed by atoms with van der Waals surface area (Å²) in [4.78, 5) is 35.2. The van der Waals surface area contributed by atoms with Gasteiger partial charge in [-0.05, 0) is 0 Å². The Kier molecular flexibility index (Phi) is 8.64. The van der Waals surface area contributed by atoms with Gasteiger partial charge in [0.1, 0.15) is 30.2 Å². The number of carboxylic acid groups (broad SMARTS) is 1. The highest BCUT2D eigenvalue weighted by molar-refractivity contribution is 7.80. The molecule has 158 valence electrons. The Morgan fingerprint density at radius 3 is 2.32 bits per heavy atom. The number of nitrogens with two attached hydrogens (primary N) is 2. The van der Waals surface area contributed by atoms with E-state index < -0.39 is 49.1 Å². The lowest BCUT2D eigenvalue weighted by Gasteiger charge is -2.17. The van der Waals surface area contributed by atoms with Gasteiger partial charge in [-0.1, -0.05) is 0 Å². The number of carbonyl (C=O) groups is 3. The molecule has 1 aliphatic heterocycles. The summed E-state index contributed by atoms with van der Waals surface area (Å²) in [5, 5.41) is 38.9. The minimum Gasteiger partial charge on any atom is -0.480 e. The Hall–Kier alpha value is -2.39. The highest BCUT2D eigenvalue weighted by Crippen LogP contribution is 2.31. The number of thiol groups is 1. The topological polar surface area (TPSA) is 223 Å². The number of aromatic nitrogens is 2. The molecule has 1 aromatic rings. The smallest absolute Gasteiger partial charge is 0.327 e. The molecule has 13 nitrogen and oxygen atoms in total. The summed E-state index contributed by atoms with van der Waals surface area (Å²) in [5.41, 5.74) is 10.6. The van der Waals surface area contributed by atoms with Crippen molar-refractivity contribution in [2.24, 2.45) is 5.73 Å². The average Bonchev–Trinajstić information content (AvgIpc) is 3.13. The lowest BCUT2D eigenvalue weighted by Crippen LogP contribution is -2.40. The van der Waals surface area contributed by atoms with Crippen molar-refractivity contribution in [3.8, 4) is 0 Å². The number of aliphatic hydroxyl groups excluding tert-OH is 3. The van der Waals surface area contributed by atoms with Crippen molar-refractivity contribution in [1.82, 2.24) is 14.9 Å². The molecule has 0 aliphatic carbocycles. The molecule has 5 atom stereocenters. The van der Waals surface area contributed by atoms with E-state index in [1.165, 1.54) is 17.8 Å². The summed E-state index contributed by atoms with van der Waals surface area (Å²) in [5.74, 6) is -2.20. The van der Waals surface area contributed by atoms with E-state index in [9.17, 15) is 24.6 Å². The van der Waals surface area contributed by atoms with Crippen molar-refractivity contribution in [3.05, 3.63) is 12.0 Å². The quantitative estimate of drug-likeness (QED) is 0.213. The summed E-state index contributed by atoms with van der Waals surface area (Å²) in [6, 6.07) is -0.874. The number of carbonyl (C=O) groups excluding carboxylic acids is 2. The lowest BCUT2D eigenvalue weighted by molar-refractivity contribution is -0.140. The van der Waals surface area contributed by atoms with Crippen LogP contribution in [0.4, 0.5) is 5.82 Å². The Morgan fingerprint density at radius 2 is 2.00 bits per heavy atom. The second kappa shape index (κ2) is 10.2. The molecule has 0 aromatic carbocycles. The highest BCUT2D eigenvalue weighted by Gasteiger charge is 2.44. The zero-order valence-corrected chi connectivity index (χ0v) is 15.7. The predicted octanol–water partition coefficient (Wildman–Crippen LogP) is -3.32. The number of nitrogens with one attached hydrogen (secondary N) is 1. The van der Waals surface area contributed by atoms with Gasteiger partial charge in [-0.15, -0.1) is 0 Å². The second-order valence-corrected chi connectivity index (χ2v) is 6.12. The molecule has 2 heterocycles. The highest BCUT2D eigenvalue weighted by atomic mass is 32.1. The molecule has 1 aliphatic rings. The van der Waals surface area contributed by atoms with Gasteiger partial charge in [0.25, 0.3) is 5.91 Å². The first-order valence-corrected chi connectivity index (χ1v) is 8.53. The third-order valence-electron chi connectivity index (χ3n) is 3.71. The first-order chi connectivity index (χ1) is 13.0. The van der Waals surface area contributed by atoms with E-state index >= 15 is 0 Å². The minimum absolute atomic E-state index is 0.0719. The van der Waals surface area contributed by atoms with Gasteiger partial charge in [-0.3, -0.25) is 14.2 Å². The molecule has 9 N–H and O–H groups in total. The maximum absolute atomic E-state index is 11.0. The Balaban J connectivity index is 0.000000336. The van der Waals surface area contributed by atoms with Crippen LogP contribution >= 0.6 is 12.6 Å². The van der Waals surface area contributed by atoms with Crippen LogP contribution in [0.3, 0.4) is 0 Å². The molecule has 1 aromatic heterocycles. The first-order valence-electron chi connectivity index (χ1n) is 7.90. The molecule has 0 unspecified atom stereocenters. The summed E-state index contributed by atoms with van der Waals surface area (Å²) >= 11 is 3.73. The van der Waals surface area contributed by atoms with Crippen LogP contribution in [0.5, 0.6) is 0 Å². The van der Waals surface area contributed by atoms with Crippen molar-refractivity contribution < 1.29 is 39.5 Å². The third-order valence-corrected chi connectivity index (χ3v) is 4.08. The largest absolute Gasteiger partial charge is 0.480 e. The van der Waals surface area contributed by atoms with Crippen molar-refractivity contribution in [3.63, 3.8) is 0 Å². The maximum Gasteiger partial charge on any atom is 0.327 e. The second-order valence-electron chi connectivity index (χ2n) is 5.75. The summed E-state index contributed by atoms with van der Waals surface area (Å²) < 4.78 is 6.42. The van der Waals surface area contributed by atoms with E-state index in [-0.39, 0.29) is 23.2 Å². The fraction of sp³-hybridized carbons (Fsp3) is 0.571. The van der Waals surface area contributed by atoms with Gasteiger partial charge >= 0.3 is 5.97 Å². The monoisotopic (exact) mass is 421 g/mol. The van der Waals surface area contributed by atoms with Crippen LogP contribution < -0.4 is 16.8 Å².